The quantitative estimate of drug-likeness (QED) is 0.112. The van der Waals surface area contributed by atoms with E-state index in [-0.39, 0.29) is 0 Å². The zero-order valence-electron chi connectivity index (χ0n) is 27.2. The van der Waals surface area contributed by atoms with Crippen LogP contribution in [-0.4, -0.2) is 26.5 Å². The van der Waals surface area contributed by atoms with Crippen molar-refractivity contribution in [3.63, 3.8) is 0 Å². The summed E-state index contributed by atoms with van der Waals surface area (Å²) in [5, 5.41) is 7.01. The molecule has 0 unspecified atom stereocenters. The summed E-state index contributed by atoms with van der Waals surface area (Å²) in [7, 11) is 3.93. The average Bonchev–Trinajstić information content (AvgIpc) is 3.16. The third-order valence-corrected chi connectivity index (χ3v) is 8.09. The lowest BCUT2D eigenvalue weighted by Gasteiger charge is -2.20. The van der Waals surface area contributed by atoms with Crippen LogP contribution in [0.4, 0.5) is 11.4 Å². The van der Waals surface area contributed by atoms with E-state index < -0.39 is 0 Å². The minimum absolute atomic E-state index is 0.889. The molecule has 6 rings (SSSR count). The number of nitrogens with zero attached hydrogens (tertiary/aromatic N) is 2. The molecule has 0 aliphatic carbocycles. The molecule has 0 aliphatic heterocycles. The predicted molar refractivity (Wildman–Crippen MR) is 206 cm³/mol. The van der Waals surface area contributed by atoms with E-state index in [0.717, 1.165) is 67.3 Å². The fourth-order valence-electron chi connectivity index (χ4n) is 5.83. The zero-order valence-corrected chi connectivity index (χ0v) is 27.2. The van der Waals surface area contributed by atoms with E-state index in [9.17, 15) is 0 Å². The van der Waals surface area contributed by atoms with E-state index in [1.54, 1.807) is 0 Å². The monoisotopic (exact) mass is 622 g/mol. The number of hydrogen-bond donors (Lipinski definition) is 2. The average molecular weight is 623 g/mol. The summed E-state index contributed by atoms with van der Waals surface area (Å²) in [5.74, 6) is 0. The van der Waals surface area contributed by atoms with E-state index in [1.165, 1.54) is 0 Å². The van der Waals surface area contributed by atoms with E-state index >= 15 is 0 Å². The van der Waals surface area contributed by atoms with Crippen molar-refractivity contribution in [2.24, 2.45) is 9.98 Å². The molecule has 4 heteroatoms. The summed E-state index contributed by atoms with van der Waals surface area (Å²) < 4.78 is 0. The molecule has 0 spiro atoms. The van der Waals surface area contributed by atoms with Crippen molar-refractivity contribution in [3.05, 3.63) is 192 Å². The van der Waals surface area contributed by atoms with Gasteiger partial charge in [-0.1, -0.05) is 146 Å². The van der Waals surface area contributed by atoms with Crippen molar-refractivity contribution in [1.29, 1.82) is 0 Å². The Kier molecular flexibility index (Phi) is 10.5. The Balaban J connectivity index is 1.60. The van der Waals surface area contributed by atoms with Gasteiger partial charge in [-0.05, 0) is 57.6 Å². The van der Waals surface area contributed by atoms with Crippen molar-refractivity contribution in [3.8, 4) is 11.1 Å². The summed E-state index contributed by atoms with van der Waals surface area (Å²) in [5.41, 5.74) is 12.2. The van der Waals surface area contributed by atoms with E-state index in [0.29, 0.717) is 0 Å². The van der Waals surface area contributed by atoms with Crippen molar-refractivity contribution in [2.75, 3.05) is 14.1 Å². The van der Waals surface area contributed by atoms with Crippen LogP contribution >= 0.6 is 0 Å². The first kappa shape index (κ1) is 31.7. The molecule has 0 atom stereocenters. The van der Waals surface area contributed by atoms with Gasteiger partial charge < -0.3 is 10.6 Å². The number of nitrogens with one attached hydrogen (secondary N) is 2. The van der Waals surface area contributed by atoms with Crippen molar-refractivity contribution >= 4 is 46.3 Å². The molecule has 0 radical (unpaired) electrons. The first-order chi connectivity index (χ1) is 23.8. The third-order valence-electron chi connectivity index (χ3n) is 8.09. The number of hydrogen-bond acceptors (Lipinski definition) is 4. The van der Waals surface area contributed by atoms with Gasteiger partial charge in [0, 0.05) is 37.7 Å². The second kappa shape index (κ2) is 15.8. The molecular weight excluding hydrogens is 585 g/mol. The van der Waals surface area contributed by atoms with Gasteiger partial charge in [-0.2, -0.15) is 0 Å². The fourth-order valence-corrected chi connectivity index (χ4v) is 5.83. The molecule has 6 aromatic rings. The van der Waals surface area contributed by atoms with Crippen LogP contribution in [0.25, 0.3) is 33.7 Å². The first-order valence-electron chi connectivity index (χ1n) is 16.1. The number of para-hydroxylation sites is 2. The predicted octanol–water partition coefficient (Wildman–Crippen LogP) is 10.3. The lowest BCUT2D eigenvalue weighted by atomic mass is 9.87. The molecule has 0 aliphatic rings. The first-order valence-corrected chi connectivity index (χ1v) is 16.1. The van der Waals surface area contributed by atoms with Gasteiger partial charge in [-0.25, -0.2) is 0 Å². The SMILES string of the molecule is CN/C(=C(\C=Nc1ccccc1)c1ccccc1-c1ccccc1/C(C=Nc1ccccc1)=C(/NC)c1ccccc1)c1ccccc1. The number of benzene rings is 6. The van der Waals surface area contributed by atoms with Crippen LogP contribution in [0.3, 0.4) is 0 Å². The number of rotatable bonds is 11. The summed E-state index contributed by atoms with van der Waals surface area (Å²) in [6, 6.07) is 58.0. The molecule has 234 valence electrons. The number of aliphatic imine (C=N–C) groups is 2. The van der Waals surface area contributed by atoms with Crippen LogP contribution in [0.1, 0.15) is 22.3 Å². The Morgan fingerprint density at radius 3 is 1.06 bits per heavy atom. The molecule has 2 N–H and O–H groups in total. The summed E-state index contributed by atoms with van der Waals surface area (Å²) in [4.78, 5) is 9.90. The van der Waals surface area contributed by atoms with Gasteiger partial charge in [0.2, 0.25) is 0 Å². The summed E-state index contributed by atoms with van der Waals surface area (Å²) in [6.45, 7) is 0. The normalized spacial score (nSPS) is 12.5. The minimum Gasteiger partial charge on any atom is -0.387 e. The molecule has 0 bridgehead atoms. The maximum absolute atomic E-state index is 4.95. The Hall–Kier alpha value is -6.26. The fraction of sp³-hybridized carbons (Fsp3) is 0.0455. The molecule has 0 saturated carbocycles. The molecule has 6 aromatic carbocycles. The van der Waals surface area contributed by atoms with Gasteiger partial charge in [0.15, 0.2) is 0 Å². The van der Waals surface area contributed by atoms with Crippen LogP contribution in [0.2, 0.25) is 0 Å². The Morgan fingerprint density at radius 2 is 0.708 bits per heavy atom. The largest absolute Gasteiger partial charge is 0.387 e. The van der Waals surface area contributed by atoms with E-state index in [2.05, 4.69) is 108 Å². The van der Waals surface area contributed by atoms with Crippen molar-refractivity contribution in [2.45, 2.75) is 0 Å². The highest BCUT2D eigenvalue weighted by Crippen LogP contribution is 2.38. The van der Waals surface area contributed by atoms with Gasteiger partial charge in [0.05, 0.1) is 22.8 Å². The highest BCUT2D eigenvalue weighted by Gasteiger charge is 2.19. The van der Waals surface area contributed by atoms with Crippen molar-refractivity contribution in [1.82, 2.24) is 10.6 Å². The molecular formula is C44H38N4. The second-order valence-electron chi connectivity index (χ2n) is 11.1. The lowest BCUT2D eigenvalue weighted by molar-refractivity contribution is 1.13. The van der Waals surface area contributed by atoms with E-state index in [4.69, 9.17) is 9.98 Å². The molecule has 0 fully saturated rings. The molecule has 4 nitrogen and oxygen atoms in total. The highest BCUT2D eigenvalue weighted by atomic mass is 14.8. The van der Waals surface area contributed by atoms with Gasteiger partial charge in [-0.3, -0.25) is 9.98 Å². The number of allylic oxidation sites excluding steroid dienone is 2. The minimum atomic E-state index is 0.889. The van der Waals surface area contributed by atoms with Gasteiger partial charge in [0.25, 0.3) is 0 Å². The topological polar surface area (TPSA) is 48.8 Å². The van der Waals surface area contributed by atoms with Gasteiger partial charge >= 0.3 is 0 Å². The van der Waals surface area contributed by atoms with Crippen LogP contribution in [0.5, 0.6) is 0 Å². The van der Waals surface area contributed by atoms with Gasteiger partial charge in [0.1, 0.15) is 0 Å². The van der Waals surface area contributed by atoms with Crippen LogP contribution in [-0.2, 0) is 0 Å². The molecule has 48 heavy (non-hydrogen) atoms. The standard InChI is InChI=1S/C44H38N4/c1-45-43(33-19-7-3-8-20-33)41(31-47-35-23-11-5-12-24-35)39-29-17-15-27-37(39)38-28-16-18-30-40(38)42(32-48-36-25-13-6-14-26-36)44(46-2)34-21-9-4-10-22-34/h3-32,45-46H,1-2H3/b43-41+,44-42+,47-31?,48-32?. The molecule has 0 aromatic heterocycles. The second-order valence-corrected chi connectivity index (χ2v) is 11.1. The molecule has 0 heterocycles. The Morgan fingerprint density at radius 1 is 0.396 bits per heavy atom. The maximum Gasteiger partial charge on any atom is 0.0629 e. The van der Waals surface area contributed by atoms with E-state index in [1.807, 2.05) is 99.3 Å². The van der Waals surface area contributed by atoms with Crippen LogP contribution in [0, 0.1) is 0 Å². The lowest BCUT2D eigenvalue weighted by Crippen LogP contribution is -2.10. The van der Waals surface area contributed by atoms with Crippen LogP contribution < -0.4 is 10.6 Å². The summed E-state index contributed by atoms with van der Waals surface area (Å²) in [6.07, 6.45) is 3.96. The summed E-state index contributed by atoms with van der Waals surface area (Å²) >= 11 is 0. The smallest absolute Gasteiger partial charge is 0.0629 e. The molecule has 0 saturated heterocycles. The zero-order chi connectivity index (χ0) is 33.0. The Bertz CT molecular complexity index is 1910. The van der Waals surface area contributed by atoms with Crippen LogP contribution in [0.15, 0.2) is 180 Å². The maximum atomic E-state index is 4.95. The Labute approximate surface area is 283 Å². The molecule has 0 amide bonds. The van der Waals surface area contributed by atoms with Gasteiger partial charge in [-0.15, -0.1) is 0 Å². The highest BCUT2D eigenvalue weighted by molar-refractivity contribution is 6.24. The van der Waals surface area contributed by atoms with Crippen molar-refractivity contribution < 1.29 is 0 Å². The third kappa shape index (κ3) is 7.41.